The van der Waals surface area contributed by atoms with Crippen LogP contribution in [0.2, 0.25) is 0 Å². The van der Waals surface area contributed by atoms with E-state index in [1.807, 2.05) is 0 Å². The predicted octanol–water partition coefficient (Wildman–Crippen LogP) is 2.61. The zero-order valence-corrected chi connectivity index (χ0v) is 6.21. The molecular formula is C8H14. The molecule has 0 saturated heterocycles. The molecule has 0 aromatic heterocycles. The Balaban J connectivity index is 2.52. The molecule has 0 spiro atoms. The van der Waals surface area contributed by atoms with Gasteiger partial charge in [0.2, 0.25) is 0 Å². The third-order valence-electron chi connectivity index (χ3n) is 2.66. The lowest BCUT2D eigenvalue weighted by Gasteiger charge is -2.48. The molecule has 0 amide bonds. The maximum atomic E-state index is 2.29. The molecule has 8 heavy (non-hydrogen) atoms. The fourth-order valence-electron chi connectivity index (χ4n) is 1.10. The summed E-state index contributed by atoms with van der Waals surface area (Å²) in [5.41, 5.74) is 0.472. The Morgan fingerprint density at radius 1 is 1.12 bits per heavy atom. The van der Waals surface area contributed by atoms with Crippen molar-refractivity contribution in [1.29, 1.82) is 0 Å². The molecule has 2 radical (unpaired) electrons. The number of hydrogen-bond donors (Lipinski definition) is 0. The van der Waals surface area contributed by atoms with E-state index in [9.17, 15) is 0 Å². The molecule has 1 aliphatic rings. The maximum Gasteiger partial charge on any atom is -0.0204 e. The minimum absolute atomic E-state index is 0.472. The monoisotopic (exact) mass is 110 g/mol. The summed E-state index contributed by atoms with van der Waals surface area (Å²) in [6.45, 7) is 9.07. The summed E-state index contributed by atoms with van der Waals surface area (Å²) < 4.78 is 0. The largest absolute Gasteiger partial charge is 0.0588 e. The molecule has 0 heterocycles. The number of rotatable bonds is 0. The molecule has 0 bridgehead atoms. The molecule has 1 rings (SSSR count). The lowest BCUT2D eigenvalue weighted by atomic mass is 9.56. The highest BCUT2D eigenvalue weighted by atomic mass is 14.5. The quantitative estimate of drug-likeness (QED) is 0.449. The summed E-state index contributed by atoms with van der Waals surface area (Å²) in [6.07, 6.45) is 1.27. The van der Waals surface area contributed by atoms with Gasteiger partial charge in [0.05, 0.1) is 0 Å². The summed E-state index contributed by atoms with van der Waals surface area (Å²) in [4.78, 5) is 0. The highest BCUT2D eigenvalue weighted by Gasteiger charge is 2.42. The van der Waals surface area contributed by atoms with Crippen LogP contribution in [-0.4, -0.2) is 0 Å². The maximum absolute atomic E-state index is 2.29. The number of hydrogen-bond acceptors (Lipinski definition) is 0. The topological polar surface area (TPSA) is 0 Å². The van der Waals surface area contributed by atoms with Crippen molar-refractivity contribution in [2.75, 3.05) is 0 Å². The van der Waals surface area contributed by atoms with E-state index >= 15 is 0 Å². The molecule has 0 atom stereocenters. The Morgan fingerprint density at radius 3 is 1.50 bits per heavy atom. The van der Waals surface area contributed by atoms with Gasteiger partial charge in [-0.05, 0) is 23.7 Å². The van der Waals surface area contributed by atoms with Gasteiger partial charge < -0.3 is 0 Å². The molecule has 0 unspecified atom stereocenters. The average molecular weight is 110 g/mol. The van der Waals surface area contributed by atoms with Crippen molar-refractivity contribution >= 4 is 0 Å². The van der Waals surface area contributed by atoms with Gasteiger partial charge in [0, 0.05) is 0 Å². The van der Waals surface area contributed by atoms with Crippen LogP contribution in [0.15, 0.2) is 0 Å². The highest BCUT2D eigenvalue weighted by molar-refractivity contribution is 5.27. The van der Waals surface area contributed by atoms with E-state index in [1.165, 1.54) is 6.42 Å². The third-order valence-corrected chi connectivity index (χ3v) is 2.66. The van der Waals surface area contributed by atoms with E-state index in [2.05, 4.69) is 27.7 Å². The molecule has 0 heteroatoms. The summed E-state index contributed by atoms with van der Waals surface area (Å²) >= 11 is 0. The zero-order valence-electron chi connectivity index (χ0n) is 6.21. The molecular weight excluding hydrogens is 96.1 g/mol. The molecule has 0 aromatic rings. The van der Waals surface area contributed by atoms with E-state index in [1.54, 1.807) is 11.8 Å². The molecule has 0 nitrogen and oxygen atoms in total. The SMILES string of the molecule is C[C]1C[C](C)C1(C)C. The van der Waals surface area contributed by atoms with Crippen LogP contribution >= 0.6 is 0 Å². The minimum atomic E-state index is 0.472. The van der Waals surface area contributed by atoms with Crippen LogP contribution in [0.5, 0.6) is 0 Å². The van der Waals surface area contributed by atoms with Crippen LogP contribution in [0.1, 0.15) is 34.1 Å². The van der Waals surface area contributed by atoms with Crippen molar-refractivity contribution in [3.8, 4) is 0 Å². The Labute approximate surface area is 52.3 Å². The van der Waals surface area contributed by atoms with Crippen LogP contribution < -0.4 is 0 Å². The fraction of sp³-hybridized carbons (Fsp3) is 0.750. The van der Waals surface area contributed by atoms with E-state index in [-0.39, 0.29) is 0 Å². The van der Waals surface area contributed by atoms with Crippen LogP contribution in [0, 0.1) is 17.3 Å². The lowest BCUT2D eigenvalue weighted by molar-refractivity contribution is 0.287. The molecule has 0 aromatic carbocycles. The second-order valence-electron chi connectivity index (χ2n) is 3.36. The van der Waals surface area contributed by atoms with Gasteiger partial charge in [0.25, 0.3) is 0 Å². The molecule has 1 aliphatic carbocycles. The summed E-state index contributed by atoms with van der Waals surface area (Å²) in [5, 5.41) is 0. The molecule has 0 aliphatic heterocycles. The van der Waals surface area contributed by atoms with Gasteiger partial charge in [-0.2, -0.15) is 0 Å². The van der Waals surface area contributed by atoms with Gasteiger partial charge in [-0.1, -0.05) is 27.7 Å². The molecule has 0 N–H and O–H groups in total. The second-order valence-corrected chi connectivity index (χ2v) is 3.36. The van der Waals surface area contributed by atoms with Crippen LogP contribution in [0.25, 0.3) is 0 Å². The Morgan fingerprint density at radius 2 is 1.50 bits per heavy atom. The van der Waals surface area contributed by atoms with E-state index in [0.717, 1.165) is 0 Å². The summed E-state index contributed by atoms with van der Waals surface area (Å²) in [5.74, 6) is 3.27. The molecule has 1 saturated carbocycles. The van der Waals surface area contributed by atoms with E-state index in [4.69, 9.17) is 0 Å². The molecule has 1 fully saturated rings. The van der Waals surface area contributed by atoms with Gasteiger partial charge >= 0.3 is 0 Å². The van der Waals surface area contributed by atoms with Gasteiger partial charge in [0.1, 0.15) is 0 Å². The smallest absolute Gasteiger partial charge is 0.0204 e. The Kier molecular flexibility index (Phi) is 1.14. The Bertz CT molecular complexity index is 82.2. The van der Waals surface area contributed by atoms with Crippen molar-refractivity contribution in [2.45, 2.75) is 34.1 Å². The lowest BCUT2D eigenvalue weighted by Crippen LogP contribution is -2.37. The van der Waals surface area contributed by atoms with Crippen LogP contribution in [0.3, 0.4) is 0 Å². The summed E-state index contributed by atoms with van der Waals surface area (Å²) in [7, 11) is 0. The van der Waals surface area contributed by atoms with Crippen molar-refractivity contribution in [3.63, 3.8) is 0 Å². The van der Waals surface area contributed by atoms with Crippen molar-refractivity contribution in [1.82, 2.24) is 0 Å². The van der Waals surface area contributed by atoms with Crippen molar-refractivity contribution in [2.24, 2.45) is 5.41 Å². The van der Waals surface area contributed by atoms with Gasteiger partial charge in [-0.25, -0.2) is 0 Å². The van der Waals surface area contributed by atoms with Crippen molar-refractivity contribution in [3.05, 3.63) is 11.8 Å². The second kappa shape index (κ2) is 1.49. The third kappa shape index (κ3) is 0.586. The predicted molar refractivity (Wildman–Crippen MR) is 36.2 cm³/mol. The standard InChI is InChI=1S/C8H14/c1-6-5-7(2)8(6,3)4/h5H2,1-4H3. The highest BCUT2D eigenvalue weighted by Crippen LogP contribution is 2.53. The van der Waals surface area contributed by atoms with Crippen LogP contribution in [-0.2, 0) is 0 Å². The summed E-state index contributed by atoms with van der Waals surface area (Å²) in [6, 6.07) is 0. The van der Waals surface area contributed by atoms with E-state index < -0.39 is 0 Å². The zero-order chi connectivity index (χ0) is 6.36. The normalized spacial score (nSPS) is 30.0. The first kappa shape index (κ1) is 6.12. The fourth-order valence-corrected chi connectivity index (χ4v) is 1.10. The van der Waals surface area contributed by atoms with Gasteiger partial charge in [0.15, 0.2) is 0 Å². The first-order valence-corrected chi connectivity index (χ1v) is 3.21. The minimum Gasteiger partial charge on any atom is -0.0588 e. The average Bonchev–Trinajstić information content (AvgIpc) is 1.68. The van der Waals surface area contributed by atoms with E-state index in [0.29, 0.717) is 5.41 Å². The van der Waals surface area contributed by atoms with Gasteiger partial charge in [-0.3, -0.25) is 0 Å². The first-order valence-electron chi connectivity index (χ1n) is 3.21. The molecule has 46 valence electrons. The Hall–Kier alpha value is 0. The van der Waals surface area contributed by atoms with Gasteiger partial charge in [-0.15, -0.1) is 0 Å². The first-order chi connectivity index (χ1) is 3.55. The van der Waals surface area contributed by atoms with Crippen LogP contribution in [0.4, 0.5) is 0 Å². The van der Waals surface area contributed by atoms with Crippen molar-refractivity contribution < 1.29 is 0 Å².